The lowest BCUT2D eigenvalue weighted by Gasteiger charge is -2.40. The highest BCUT2D eigenvalue weighted by Gasteiger charge is 2.29. The molecule has 0 aromatic carbocycles. The molecular weight excluding hydrogens is 240 g/mol. The van der Waals surface area contributed by atoms with Crippen LogP contribution in [0.15, 0.2) is 0 Å². The third-order valence-corrected chi connectivity index (χ3v) is 5.16. The first-order valence-corrected chi connectivity index (χ1v) is 8.52. The molecule has 1 fully saturated rings. The standard InChI is InChI=1S/C15H32N2S/c1-6-8-16-11-15(5,7-2)12-17-9-13(3)18-14(4)10-17/h13-14,16H,6-12H2,1-5H3. The van der Waals surface area contributed by atoms with Crippen LogP contribution < -0.4 is 5.32 Å². The molecule has 0 aromatic rings. The van der Waals surface area contributed by atoms with Crippen LogP contribution in [0.3, 0.4) is 0 Å². The second-order valence-corrected chi connectivity index (χ2v) is 8.17. The van der Waals surface area contributed by atoms with Gasteiger partial charge in [-0.3, -0.25) is 0 Å². The van der Waals surface area contributed by atoms with E-state index in [1.807, 2.05) is 0 Å². The second kappa shape index (κ2) is 7.76. The zero-order valence-electron chi connectivity index (χ0n) is 13.0. The minimum absolute atomic E-state index is 0.427. The van der Waals surface area contributed by atoms with Crippen molar-refractivity contribution in [3.05, 3.63) is 0 Å². The summed E-state index contributed by atoms with van der Waals surface area (Å²) >= 11 is 2.14. The van der Waals surface area contributed by atoms with Crippen molar-refractivity contribution in [2.45, 2.75) is 58.0 Å². The van der Waals surface area contributed by atoms with Gasteiger partial charge in [0.25, 0.3) is 0 Å². The molecule has 0 radical (unpaired) electrons. The van der Waals surface area contributed by atoms with Crippen molar-refractivity contribution in [3.8, 4) is 0 Å². The average Bonchev–Trinajstić information content (AvgIpc) is 2.28. The Morgan fingerprint density at radius 2 is 1.83 bits per heavy atom. The quantitative estimate of drug-likeness (QED) is 0.716. The molecule has 2 nitrogen and oxygen atoms in total. The third kappa shape index (κ3) is 5.50. The van der Waals surface area contributed by atoms with Crippen molar-refractivity contribution < 1.29 is 0 Å². The molecule has 0 amide bonds. The van der Waals surface area contributed by atoms with Gasteiger partial charge in [0.05, 0.1) is 0 Å². The molecule has 0 spiro atoms. The van der Waals surface area contributed by atoms with E-state index in [2.05, 4.69) is 56.6 Å². The van der Waals surface area contributed by atoms with E-state index in [4.69, 9.17) is 0 Å². The molecule has 3 atom stereocenters. The first-order valence-electron chi connectivity index (χ1n) is 7.57. The molecule has 1 rings (SSSR count). The molecular formula is C15H32N2S. The average molecular weight is 273 g/mol. The summed E-state index contributed by atoms with van der Waals surface area (Å²) in [6.45, 7) is 17.8. The van der Waals surface area contributed by atoms with Crippen LogP contribution in [-0.2, 0) is 0 Å². The Balaban J connectivity index is 2.45. The van der Waals surface area contributed by atoms with Crippen LogP contribution >= 0.6 is 11.8 Å². The first kappa shape index (κ1) is 16.3. The zero-order valence-corrected chi connectivity index (χ0v) is 13.8. The summed E-state index contributed by atoms with van der Waals surface area (Å²) in [7, 11) is 0. The van der Waals surface area contributed by atoms with Gasteiger partial charge in [-0.15, -0.1) is 0 Å². The highest BCUT2D eigenvalue weighted by Crippen LogP contribution is 2.28. The highest BCUT2D eigenvalue weighted by atomic mass is 32.2. The van der Waals surface area contributed by atoms with Gasteiger partial charge in [-0.2, -0.15) is 11.8 Å². The lowest BCUT2D eigenvalue weighted by atomic mass is 9.86. The molecule has 0 aromatic heterocycles. The Hall–Kier alpha value is 0.270. The van der Waals surface area contributed by atoms with Crippen molar-refractivity contribution in [1.82, 2.24) is 10.2 Å². The number of hydrogen-bond donors (Lipinski definition) is 1. The predicted molar refractivity (Wildman–Crippen MR) is 84.5 cm³/mol. The van der Waals surface area contributed by atoms with Crippen LogP contribution in [0, 0.1) is 5.41 Å². The molecule has 0 aliphatic carbocycles. The molecule has 1 heterocycles. The van der Waals surface area contributed by atoms with Crippen LogP contribution in [0.25, 0.3) is 0 Å². The van der Waals surface area contributed by atoms with Crippen molar-refractivity contribution in [2.75, 3.05) is 32.7 Å². The lowest BCUT2D eigenvalue weighted by Crippen LogP contribution is -2.48. The van der Waals surface area contributed by atoms with Gasteiger partial charge in [0.2, 0.25) is 0 Å². The Labute approximate surface area is 118 Å². The number of nitrogens with zero attached hydrogens (tertiary/aromatic N) is 1. The van der Waals surface area contributed by atoms with Gasteiger partial charge in [0.15, 0.2) is 0 Å². The minimum atomic E-state index is 0.427. The maximum absolute atomic E-state index is 3.61. The fourth-order valence-electron chi connectivity index (χ4n) is 2.81. The van der Waals surface area contributed by atoms with Crippen molar-refractivity contribution in [2.24, 2.45) is 5.41 Å². The van der Waals surface area contributed by atoms with Gasteiger partial charge < -0.3 is 10.2 Å². The Kier molecular flexibility index (Phi) is 7.04. The largest absolute Gasteiger partial charge is 0.316 e. The maximum atomic E-state index is 3.61. The molecule has 3 unspecified atom stereocenters. The van der Waals surface area contributed by atoms with E-state index >= 15 is 0 Å². The summed E-state index contributed by atoms with van der Waals surface area (Å²) in [5.74, 6) is 0. The van der Waals surface area contributed by atoms with Gasteiger partial charge in [0, 0.05) is 36.7 Å². The summed E-state index contributed by atoms with van der Waals surface area (Å²) in [6.07, 6.45) is 2.49. The molecule has 1 N–H and O–H groups in total. The van der Waals surface area contributed by atoms with E-state index in [1.54, 1.807) is 0 Å². The summed E-state index contributed by atoms with van der Waals surface area (Å²) in [5.41, 5.74) is 0.427. The zero-order chi connectivity index (χ0) is 13.6. The molecule has 0 saturated carbocycles. The smallest absolute Gasteiger partial charge is 0.0149 e. The molecule has 3 heteroatoms. The van der Waals surface area contributed by atoms with Gasteiger partial charge >= 0.3 is 0 Å². The molecule has 18 heavy (non-hydrogen) atoms. The lowest BCUT2D eigenvalue weighted by molar-refractivity contribution is 0.153. The van der Waals surface area contributed by atoms with Gasteiger partial charge in [-0.1, -0.05) is 34.6 Å². The monoisotopic (exact) mass is 272 g/mol. The van der Waals surface area contributed by atoms with Crippen LogP contribution in [0.1, 0.15) is 47.5 Å². The topological polar surface area (TPSA) is 15.3 Å². The summed E-state index contributed by atoms with van der Waals surface area (Å²) in [5, 5.41) is 5.19. The molecule has 108 valence electrons. The van der Waals surface area contributed by atoms with E-state index in [1.165, 1.54) is 32.5 Å². The summed E-state index contributed by atoms with van der Waals surface area (Å²) in [4.78, 5) is 2.68. The predicted octanol–water partition coefficient (Wildman–Crippen LogP) is 3.23. The first-order chi connectivity index (χ1) is 8.49. The third-order valence-electron chi connectivity index (χ3n) is 3.93. The number of nitrogens with one attached hydrogen (secondary N) is 1. The minimum Gasteiger partial charge on any atom is -0.316 e. The normalized spacial score (nSPS) is 29.2. The molecule has 0 bridgehead atoms. The van der Waals surface area contributed by atoms with Crippen LogP contribution in [0.5, 0.6) is 0 Å². The molecule has 1 aliphatic rings. The number of hydrogen-bond acceptors (Lipinski definition) is 3. The van der Waals surface area contributed by atoms with Crippen LogP contribution in [0.4, 0.5) is 0 Å². The van der Waals surface area contributed by atoms with Gasteiger partial charge in [-0.25, -0.2) is 0 Å². The number of thioether (sulfide) groups is 1. The Morgan fingerprint density at radius 3 is 2.33 bits per heavy atom. The van der Waals surface area contributed by atoms with E-state index in [0.29, 0.717) is 5.41 Å². The van der Waals surface area contributed by atoms with Crippen molar-refractivity contribution in [3.63, 3.8) is 0 Å². The van der Waals surface area contributed by atoms with Gasteiger partial charge in [0.1, 0.15) is 0 Å². The number of rotatable bonds is 7. The Bertz CT molecular complexity index is 225. The summed E-state index contributed by atoms with van der Waals surface area (Å²) in [6, 6.07) is 0. The van der Waals surface area contributed by atoms with E-state index in [-0.39, 0.29) is 0 Å². The highest BCUT2D eigenvalue weighted by molar-refractivity contribution is 8.00. The summed E-state index contributed by atoms with van der Waals surface area (Å²) < 4.78 is 0. The maximum Gasteiger partial charge on any atom is 0.0149 e. The van der Waals surface area contributed by atoms with E-state index in [0.717, 1.165) is 23.6 Å². The van der Waals surface area contributed by atoms with E-state index in [9.17, 15) is 0 Å². The van der Waals surface area contributed by atoms with Crippen LogP contribution in [0.2, 0.25) is 0 Å². The SMILES string of the molecule is CCCNCC(C)(CC)CN1CC(C)SC(C)C1. The molecule has 1 aliphatic heterocycles. The van der Waals surface area contributed by atoms with Gasteiger partial charge in [-0.05, 0) is 24.8 Å². The fourth-order valence-corrected chi connectivity index (χ4v) is 4.20. The molecule has 1 saturated heterocycles. The van der Waals surface area contributed by atoms with Crippen LogP contribution in [-0.4, -0.2) is 48.1 Å². The Morgan fingerprint density at radius 1 is 1.22 bits per heavy atom. The van der Waals surface area contributed by atoms with Crippen molar-refractivity contribution in [1.29, 1.82) is 0 Å². The van der Waals surface area contributed by atoms with E-state index < -0.39 is 0 Å². The fraction of sp³-hybridized carbons (Fsp3) is 1.00. The van der Waals surface area contributed by atoms with Crippen molar-refractivity contribution >= 4 is 11.8 Å². The second-order valence-electron chi connectivity index (χ2n) is 6.29.